The molecule has 1 aromatic carbocycles. The molecule has 0 spiro atoms. The number of piperidine rings is 1. The zero-order valence-electron chi connectivity index (χ0n) is 14.8. The van der Waals surface area contributed by atoms with E-state index in [4.69, 9.17) is 0 Å². The first kappa shape index (κ1) is 17.0. The van der Waals surface area contributed by atoms with Gasteiger partial charge in [-0.3, -0.25) is 9.78 Å². The molecule has 1 aliphatic rings. The van der Waals surface area contributed by atoms with Gasteiger partial charge < -0.3 is 10.2 Å². The number of nitrogens with one attached hydrogen (secondary N) is 1. The summed E-state index contributed by atoms with van der Waals surface area (Å²) < 4.78 is 0. The van der Waals surface area contributed by atoms with E-state index >= 15 is 0 Å². The topological polar surface area (TPSA) is 58.1 Å². The summed E-state index contributed by atoms with van der Waals surface area (Å²) >= 11 is 1.57. The zero-order chi connectivity index (χ0) is 17.9. The molecule has 4 rings (SSSR count). The second kappa shape index (κ2) is 7.41. The molecule has 0 aliphatic carbocycles. The number of nitrogens with zero attached hydrogens (tertiary/aromatic N) is 3. The average molecular weight is 366 g/mol. The molecule has 2 aromatic heterocycles. The lowest BCUT2D eigenvalue weighted by molar-refractivity contribution is -0.125. The third kappa shape index (κ3) is 3.55. The quantitative estimate of drug-likeness (QED) is 0.767. The predicted octanol–water partition coefficient (Wildman–Crippen LogP) is 3.53. The minimum absolute atomic E-state index is 0.0843. The lowest BCUT2D eigenvalue weighted by atomic mass is 9.95. The largest absolute Gasteiger partial charge is 0.371 e. The first-order valence-electron chi connectivity index (χ1n) is 8.97. The number of carbonyl (C=O) groups is 1. The fourth-order valence-corrected chi connectivity index (χ4v) is 4.11. The van der Waals surface area contributed by atoms with Gasteiger partial charge in [-0.15, -0.1) is 11.3 Å². The Morgan fingerprint density at radius 2 is 2.08 bits per heavy atom. The van der Waals surface area contributed by atoms with Crippen molar-refractivity contribution in [2.75, 3.05) is 18.0 Å². The summed E-state index contributed by atoms with van der Waals surface area (Å²) in [6.07, 6.45) is 5.39. The van der Waals surface area contributed by atoms with Crippen LogP contribution in [0.1, 0.15) is 23.4 Å². The summed E-state index contributed by atoms with van der Waals surface area (Å²) in [6, 6.07) is 8.46. The Kier molecular flexibility index (Phi) is 4.84. The van der Waals surface area contributed by atoms with Crippen molar-refractivity contribution >= 4 is 33.8 Å². The maximum absolute atomic E-state index is 12.4. The van der Waals surface area contributed by atoms with Crippen molar-refractivity contribution in [1.29, 1.82) is 0 Å². The molecule has 26 heavy (non-hydrogen) atoms. The average Bonchev–Trinajstić information content (AvgIpc) is 3.19. The monoisotopic (exact) mass is 366 g/mol. The molecule has 0 unspecified atom stereocenters. The van der Waals surface area contributed by atoms with Crippen molar-refractivity contribution in [3.05, 3.63) is 52.6 Å². The molecule has 0 bridgehead atoms. The van der Waals surface area contributed by atoms with Gasteiger partial charge in [-0.05, 0) is 38.0 Å². The number of aromatic nitrogens is 2. The molecule has 0 saturated carbocycles. The fourth-order valence-electron chi connectivity index (χ4n) is 3.55. The molecule has 1 fully saturated rings. The van der Waals surface area contributed by atoms with Crippen LogP contribution in [0.5, 0.6) is 0 Å². The maximum Gasteiger partial charge on any atom is 0.223 e. The van der Waals surface area contributed by atoms with Gasteiger partial charge in [-0.2, -0.15) is 0 Å². The van der Waals surface area contributed by atoms with Crippen LogP contribution < -0.4 is 10.2 Å². The van der Waals surface area contributed by atoms with E-state index in [0.717, 1.165) is 36.5 Å². The molecule has 1 saturated heterocycles. The Balaban J connectivity index is 1.40. The van der Waals surface area contributed by atoms with E-state index in [9.17, 15) is 4.79 Å². The highest BCUT2D eigenvalue weighted by atomic mass is 32.1. The number of fused-ring (bicyclic) bond motifs is 1. The van der Waals surface area contributed by atoms with Gasteiger partial charge in [0.15, 0.2) is 0 Å². The molecule has 1 amide bonds. The number of aryl methyl sites for hydroxylation is 1. The van der Waals surface area contributed by atoms with E-state index < -0.39 is 0 Å². The summed E-state index contributed by atoms with van der Waals surface area (Å²) in [5, 5.41) is 7.11. The van der Waals surface area contributed by atoms with Crippen molar-refractivity contribution in [2.24, 2.45) is 5.92 Å². The standard InChI is InChI=1S/C20H22N4OS/c1-14-2-3-17-16(12-14)18(4-7-21-17)24-9-5-15(6-10-24)20(25)23-13-19-22-8-11-26-19/h2-4,7-8,11-12,15H,5-6,9-10,13H2,1H3,(H,23,25). The Hall–Kier alpha value is -2.47. The highest BCUT2D eigenvalue weighted by Crippen LogP contribution is 2.30. The van der Waals surface area contributed by atoms with Crippen LogP contribution in [-0.2, 0) is 11.3 Å². The van der Waals surface area contributed by atoms with E-state index in [1.54, 1.807) is 17.5 Å². The second-order valence-corrected chi connectivity index (χ2v) is 7.73. The number of amides is 1. The van der Waals surface area contributed by atoms with Gasteiger partial charge >= 0.3 is 0 Å². The van der Waals surface area contributed by atoms with E-state index in [0.29, 0.717) is 6.54 Å². The highest BCUT2D eigenvalue weighted by molar-refractivity contribution is 7.09. The van der Waals surface area contributed by atoms with Crippen LogP contribution in [0.15, 0.2) is 42.0 Å². The van der Waals surface area contributed by atoms with Gasteiger partial charge in [0.1, 0.15) is 5.01 Å². The minimum Gasteiger partial charge on any atom is -0.371 e. The molecular formula is C20H22N4OS. The van der Waals surface area contributed by atoms with Crippen molar-refractivity contribution < 1.29 is 4.79 Å². The number of thiazole rings is 1. The summed E-state index contributed by atoms with van der Waals surface area (Å²) in [4.78, 5) is 23.5. The van der Waals surface area contributed by atoms with Crippen molar-refractivity contribution in [3.8, 4) is 0 Å². The SMILES string of the molecule is Cc1ccc2nccc(N3CCC(C(=O)NCc4nccs4)CC3)c2c1. The third-order valence-corrected chi connectivity index (χ3v) is 5.76. The molecule has 1 aliphatic heterocycles. The summed E-state index contributed by atoms with van der Waals surface area (Å²) in [5.41, 5.74) is 3.49. The maximum atomic E-state index is 12.4. The van der Waals surface area contributed by atoms with E-state index in [1.165, 1.54) is 16.6 Å². The third-order valence-electron chi connectivity index (χ3n) is 4.98. The molecule has 3 aromatic rings. The van der Waals surface area contributed by atoms with Crippen LogP contribution in [0.4, 0.5) is 5.69 Å². The molecule has 6 heteroatoms. The molecular weight excluding hydrogens is 344 g/mol. The number of carbonyl (C=O) groups excluding carboxylic acids is 1. The molecule has 3 heterocycles. The fraction of sp³-hybridized carbons (Fsp3) is 0.350. The van der Waals surface area contributed by atoms with Gasteiger partial charge in [0.25, 0.3) is 0 Å². The Morgan fingerprint density at radius 3 is 2.85 bits per heavy atom. The van der Waals surface area contributed by atoms with Crippen LogP contribution in [-0.4, -0.2) is 29.0 Å². The van der Waals surface area contributed by atoms with E-state index in [1.807, 2.05) is 11.6 Å². The molecule has 1 N–H and O–H groups in total. The summed E-state index contributed by atoms with van der Waals surface area (Å²) in [7, 11) is 0. The van der Waals surface area contributed by atoms with Crippen LogP contribution in [0.25, 0.3) is 10.9 Å². The molecule has 134 valence electrons. The van der Waals surface area contributed by atoms with Gasteiger partial charge in [0.05, 0.1) is 12.1 Å². The molecule has 5 nitrogen and oxygen atoms in total. The summed E-state index contributed by atoms with van der Waals surface area (Å²) in [6.45, 7) is 4.42. The number of anilines is 1. The van der Waals surface area contributed by atoms with E-state index in [-0.39, 0.29) is 11.8 Å². The predicted molar refractivity (Wildman–Crippen MR) is 105 cm³/mol. The van der Waals surface area contributed by atoms with Crippen LogP contribution in [0.3, 0.4) is 0 Å². The minimum atomic E-state index is 0.0843. The Bertz CT molecular complexity index is 901. The highest BCUT2D eigenvalue weighted by Gasteiger charge is 2.25. The smallest absolute Gasteiger partial charge is 0.223 e. The first-order chi connectivity index (χ1) is 12.7. The Labute approximate surface area is 157 Å². The van der Waals surface area contributed by atoms with Gasteiger partial charge in [-0.25, -0.2) is 4.98 Å². The van der Waals surface area contributed by atoms with Crippen molar-refractivity contribution in [3.63, 3.8) is 0 Å². The molecule has 0 radical (unpaired) electrons. The van der Waals surface area contributed by atoms with Crippen LogP contribution in [0.2, 0.25) is 0 Å². The lowest BCUT2D eigenvalue weighted by Crippen LogP contribution is -2.40. The van der Waals surface area contributed by atoms with Crippen LogP contribution >= 0.6 is 11.3 Å². The van der Waals surface area contributed by atoms with Crippen molar-refractivity contribution in [2.45, 2.75) is 26.3 Å². The summed E-state index contributed by atoms with van der Waals surface area (Å²) in [5.74, 6) is 0.233. The van der Waals surface area contributed by atoms with E-state index in [2.05, 4.69) is 51.4 Å². The number of pyridine rings is 1. The van der Waals surface area contributed by atoms with Gasteiger partial charge in [0.2, 0.25) is 5.91 Å². The number of hydrogen-bond acceptors (Lipinski definition) is 5. The normalized spacial score (nSPS) is 15.3. The first-order valence-corrected chi connectivity index (χ1v) is 9.85. The zero-order valence-corrected chi connectivity index (χ0v) is 15.6. The number of hydrogen-bond donors (Lipinski definition) is 1. The van der Waals surface area contributed by atoms with Gasteiger partial charge in [-0.1, -0.05) is 11.6 Å². The van der Waals surface area contributed by atoms with Crippen molar-refractivity contribution in [1.82, 2.24) is 15.3 Å². The van der Waals surface area contributed by atoms with Crippen LogP contribution in [0, 0.1) is 12.8 Å². The second-order valence-electron chi connectivity index (χ2n) is 6.76. The Morgan fingerprint density at radius 1 is 1.23 bits per heavy atom. The molecule has 0 atom stereocenters. The van der Waals surface area contributed by atoms with Gasteiger partial charge in [0, 0.05) is 47.9 Å². The number of benzene rings is 1. The lowest BCUT2D eigenvalue weighted by Gasteiger charge is -2.33. The number of rotatable bonds is 4.